The van der Waals surface area contributed by atoms with E-state index in [0.29, 0.717) is 44.0 Å². The Balaban J connectivity index is 1.34. The largest absolute Gasteiger partial charge is 0.483 e. The summed E-state index contributed by atoms with van der Waals surface area (Å²) in [4.78, 5) is 23.6. The van der Waals surface area contributed by atoms with Crippen LogP contribution in [0.2, 0.25) is 0 Å². The molecule has 0 atom stereocenters. The lowest BCUT2D eigenvalue weighted by Gasteiger charge is -2.42. The fourth-order valence-corrected chi connectivity index (χ4v) is 6.16. The van der Waals surface area contributed by atoms with Crippen LogP contribution in [0, 0.1) is 11.6 Å². The van der Waals surface area contributed by atoms with Gasteiger partial charge in [0.15, 0.2) is 23.0 Å². The van der Waals surface area contributed by atoms with E-state index in [1.54, 1.807) is 35.2 Å². The van der Waals surface area contributed by atoms with Crippen LogP contribution in [0.25, 0.3) is 22.3 Å². The molecular weight excluding hydrogens is 671 g/mol. The van der Waals surface area contributed by atoms with Crippen LogP contribution in [0.15, 0.2) is 72.9 Å². The van der Waals surface area contributed by atoms with E-state index in [2.05, 4.69) is 20.4 Å². The van der Waals surface area contributed by atoms with Crippen LogP contribution in [0.1, 0.15) is 50.3 Å². The number of fused-ring (bicyclic) bond motifs is 1. The smallest absolute Gasteiger partial charge is 0.419 e. The molecule has 9 nitrogen and oxygen atoms in total. The summed E-state index contributed by atoms with van der Waals surface area (Å²) in [5, 5.41) is 7.93. The van der Waals surface area contributed by atoms with Crippen LogP contribution in [-0.2, 0) is 31.0 Å². The number of likely N-dealkylation sites (tertiary alicyclic amines) is 1. The summed E-state index contributed by atoms with van der Waals surface area (Å²) in [5.41, 5.74) is -1.98. The number of ether oxygens (including phenoxy) is 2. The van der Waals surface area contributed by atoms with E-state index in [1.165, 1.54) is 17.9 Å². The van der Waals surface area contributed by atoms with Gasteiger partial charge < -0.3 is 19.7 Å². The average Bonchev–Trinajstić information content (AvgIpc) is 3.39. The normalized spacial score (nSPS) is 14.8. The number of carbonyl (C=O) groups is 1. The van der Waals surface area contributed by atoms with Crippen LogP contribution in [0.3, 0.4) is 0 Å². The summed E-state index contributed by atoms with van der Waals surface area (Å²) in [6, 6.07) is 18.5. The number of nitrogens with one attached hydrogen (secondary N) is 1. The third-order valence-electron chi connectivity index (χ3n) is 8.66. The summed E-state index contributed by atoms with van der Waals surface area (Å²) in [7, 11) is 1.51. The zero-order chi connectivity index (χ0) is 36.6. The molecule has 1 aliphatic heterocycles. The van der Waals surface area contributed by atoms with Gasteiger partial charge in [-0.2, -0.15) is 23.3 Å². The van der Waals surface area contributed by atoms with Gasteiger partial charge in [0.1, 0.15) is 17.9 Å². The third-order valence-corrected chi connectivity index (χ3v) is 8.66. The maximum absolute atomic E-state index is 16.0. The van der Waals surface area contributed by atoms with Crippen molar-refractivity contribution in [3.05, 3.63) is 101 Å². The maximum atomic E-state index is 16.0. The number of amides is 1. The molecule has 0 saturated carbocycles. The van der Waals surface area contributed by atoms with Gasteiger partial charge in [-0.1, -0.05) is 60.7 Å². The first-order chi connectivity index (χ1) is 24.1. The molecule has 0 unspecified atom stereocenters. The molecule has 3 heterocycles. The SMILES string of the molecule is Cn1nc(-c2cc(C(F)(F)F)c(F)c(OCc3ccccc3)c2F)c2cnc(NC3(Cc4ccccc4)CCN(C(=O)OC(C)(C)C)CC3)nc21. The highest BCUT2D eigenvalue weighted by Crippen LogP contribution is 2.42. The molecule has 0 aliphatic carbocycles. The molecule has 0 bridgehead atoms. The Morgan fingerprint density at radius 1 is 0.941 bits per heavy atom. The van der Waals surface area contributed by atoms with Crippen LogP contribution in [-0.4, -0.2) is 55.0 Å². The Morgan fingerprint density at radius 2 is 1.57 bits per heavy atom. The molecule has 1 aliphatic rings. The Morgan fingerprint density at radius 3 is 2.18 bits per heavy atom. The van der Waals surface area contributed by atoms with Crippen LogP contribution >= 0.6 is 0 Å². The van der Waals surface area contributed by atoms with E-state index in [1.807, 2.05) is 51.1 Å². The summed E-state index contributed by atoms with van der Waals surface area (Å²) in [6.45, 7) is 5.89. The highest BCUT2D eigenvalue weighted by Gasteiger charge is 2.40. The van der Waals surface area contributed by atoms with Gasteiger partial charge in [-0.3, -0.25) is 0 Å². The average molecular weight is 709 g/mol. The van der Waals surface area contributed by atoms with E-state index >= 15 is 8.78 Å². The van der Waals surface area contributed by atoms with Crippen molar-refractivity contribution in [1.82, 2.24) is 24.6 Å². The molecule has 6 rings (SSSR count). The van der Waals surface area contributed by atoms with Gasteiger partial charge >= 0.3 is 12.3 Å². The number of anilines is 1. The minimum atomic E-state index is -5.15. The summed E-state index contributed by atoms with van der Waals surface area (Å²) < 4.78 is 85.5. The van der Waals surface area contributed by atoms with E-state index in [-0.39, 0.29) is 29.3 Å². The van der Waals surface area contributed by atoms with Gasteiger partial charge in [0, 0.05) is 37.4 Å². The van der Waals surface area contributed by atoms with Crippen molar-refractivity contribution in [2.24, 2.45) is 7.05 Å². The number of piperidine rings is 1. The standard InChI is InChI=1S/C37H37F5N6O3/c1-35(2,3)51-34(49)48-17-15-36(16-18-48,20-23-11-7-5-8-12-23)45-33-43-21-26-30(46-47(4)32(26)44-33)25-19-27(37(40,41)42)29(39)31(28(25)38)50-22-24-13-9-6-10-14-24/h5-14,19,21H,15-18,20,22H2,1-4H3,(H,43,44,45). The number of hydrogen-bond donors (Lipinski definition) is 1. The monoisotopic (exact) mass is 708 g/mol. The number of aryl methyl sites for hydroxylation is 1. The molecule has 268 valence electrons. The predicted molar refractivity (Wildman–Crippen MR) is 181 cm³/mol. The molecular formula is C37H37F5N6O3. The van der Waals surface area contributed by atoms with Crippen molar-refractivity contribution in [3.8, 4) is 17.0 Å². The molecule has 1 N–H and O–H groups in total. The number of benzene rings is 3. The first-order valence-electron chi connectivity index (χ1n) is 16.4. The van der Waals surface area contributed by atoms with Crippen LogP contribution in [0.4, 0.5) is 32.7 Å². The van der Waals surface area contributed by atoms with Gasteiger partial charge in [-0.15, -0.1) is 0 Å². The van der Waals surface area contributed by atoms with Gasteiger partial charge in [0.05, 0.1) is 10.9 Å². The molecule has 5 aromatic rings. The Kier molecular flexibility index (Phi) is 9.62. The minimum absolute atomic E-state index is 0.146. The van der Waals surface area contributed by atoms with Gasteiger partial charge in [0.25, 0.3) is 0 Å². The Labute approximate surface area is 291 Å². The van der Waals surface area contributed by atoms with Gasteiger partial charge in [-0.25, -0.2) is 23.2 Å². The number of halogens is 5. The topological polar surface area (TPSA) is 94.4 Å². The van der Waals surface area contributed by atoms with Crippen molar-refractivity contribution in [1.29, 1.82) is 0 Å². The fraction of sp³-hybridized carbons (Fsp3) is 0.351. The predicted octanol–water partition coefficient (Wildman–Crippen LogP) is 8.33. The van der Waals surface area contributed by atoms with Crippen LogP contribution < -0.4 is 10.1 Å². The number of hydrogen-bond acceptors (Lipinski definition) is 7. The molecule has 1 fully saturated rings. The summed E-state index contributed by atoms with van der Waals surface area (Å²) in [6.07, 6.45) is -2.55. The maximum Gasteiger partial charge on any atom is 0.419 e. The zero-order valence-electron chi connectivity index (χ0n) is 28.5. The van der Waals surface area contributed by atoms with E-state index in [0.717, 1.165) is 5.56 Å². The summed E-state index contributed by atoms with van der Waals surface area (Å²) in [5.74, 6) is -4.15. The Bertz CT molecular complexity index is 2020. The quantitative estimate of drug-likeness (QED) is 0.162. The van der Waals surface area contributed by atoms with E-state index in [9.17, 15) is 18.0 Å². The molecule has 51 heavy (non-hydrogen) atoms. The van der Waals surface area contributed by atoms with Crippen molar-refractivity contribution in [3.63, 3.8) is 0 Å². The second-order valence-electron chi connectivity index (χ2n) is 13.6. The fourth-order valence-electron chi connectivity index (χ4n) is 6.16. The molecule has 14 heteroatoms. The molecule has 0 spiro atoms. The second-order valence-corrected chi connectivity index (χ2v) is 13.6. The number of rotatable bonds is 8. The van der Waals surface area contributed by atoms with Crippen LogP contribution in [0.5, 0.6) is 5.75 Å². The van der Waals surface area contributed by atoms with E-state index < -0.39 is 51.9 Å². The van der Waals surface area contributed by atoms with Crippen molar-refractivity contribution >= 4 is 23.1 Å². The number of nitrogens with zero attached hydrogens (tertiary/aromatic N) is 5. The molecule has 0 radical (unpaired) electrons. The highest BCUT2D eigenvalue weighted by molar-refractivity contribution is 5.91. The molecule has 2 aromatic heterocycles. The van der Waals surface area contributed by atoms with Crippen molar-refractivity contribution in [2.75, 3.05) is 18.4 Å². The number of alkyl halides is 3. The lowest BCUT2D eigenvalue weighted by Crippen LogP contribution is -2.53. The second kappa shape index (κ2) is 13.8. The van der Waals surface area contributed by atoms with Gasteiger partial charge in [-0.05, 0) is 57.2 Å². The number of carbonyl (C=O) groups excluding carboxylic acids is 1. The highest BCUT2D eigenvalue weighted by atomic mass is 19.4. The third kappa shape index (κ3) is 7.89. The lowest BCUT2D eigenvalue weighted by atomic mass is 9.82. The lowest BCUT2D eigenvalue weighted by molar-refractivity contribution is -0.140. The zero-order valence-corrected chi connectivity index (χ0v) is 28.5. The molecule has 3 aromatic carbocycles. The van der Waals surface area contributed by atoms with Crippen molar-refractivity contribution in [2.45, 2.75) is 64.0 Å². The van der Waals surface area contributed by atoms with Gasteiger partial charge in [0.2, 0.25) is 5.95 Å². The number of aromatic nitrogens is 4. The Hall–Kier alpha value is -5.27. The molecule has 1 amide bonds. The first-order valence-corrected chi connectivity index (χ1v) is 16.4. The van der Waals surface area contributed by atoms with Crippen molar-refractivity contribution < 1.29 is 36.2 Å². The first kappa shape index (κ1) is 35.6. The van der Waals surface area contributed by atoms with E-state index in [4.69, 9.17) is 9.47 Å². The molecule has 1 saturated heterocycles. The summed E-state index contributed by atoms with van der Waals surface area (Å²) >= 11 is 0. The minimum Gasteiger partial charge on any atom is -0.483 e.